The summed E-state index contributed by atoms with van der Waals surface area (Å²) in [6.45, 7) is 3.13. The van der Waals surface area contributed by atoms with Crippen LogP contribution in [0.5, 0.6) is 0 Å². The van der Waals surface area contributed by atoms with E-state index in [9.17, 15) is 0 Å². The lowest BCUT2D eigenvalue weighted by molar-refractivity contribution is 0.333. The van der Waals surface area contributed by atoms with Crippen LogP contribution in [0.1, 0.15) is 23.6 Å². The van der Waals surface area contributed by atoms with E-state index in [0.29, 0.717) is 0 Å². The fourth-order valence-electron chi connectivity index (χ4n) is 1.93. The molecule has 15 heavy (non-hydrogen) atoms. The van der Waals surface area contributed by atoms with Gasteiger partial charge in [-0.2, -0.15) is 5.26 Å². The summed E-state index contributed by atoms with van der Waals surface area (Å²) in [5.74, 6) is -0.0133. The molecular weight excluding hydrogens is 228 g/mol. The van der Waals surface area contributed by atoms with Crippen molar-refractivity contribution in [1.82, 2.24) is 4.90 Å². The van der Waals surface area contributed by atoms with E-state index in [1.165, 1.54) is 24.2 Å². The Morgan fingerprint density at radius 3 is 2.73 bits per heavy atom. The molecule has 2 heterocycles. The molecule has 0 saturated carbocycles. The van der Waals surface area contributed by atoms with Crippen molar-refractivity contribution < 1.29 is 0 Å². The van der Waals surface area contributed by atoms with E-state index in [0.717, 1.165) is 28.8 Å². The van der Waals surface area contributed by atoms with Crippen molar-refractivity contribution in [3.8, 4) is 6.07 Å². The molecule has 1 unspecified atom stereocenters. The van der Waals surface area contributed by atoms with Crippen LogP contribution in [-0.2, 0) is 0 Å². The maximum absolute atomic E-state index is 9.14. The topological polar surface area (TPSA) is 27.0 Å². The first-order valence-electron chi connectivity index (χ1n) is 5.17. The zero-order valence-corrected chi connectivity index (χ0v) is 10.0. The fraction of sp³-hybridized carbons (Fsp3) is 0.545. The van der Waals surface area contributed by atoms with Gasteiger partial charge in [0.1, 0.15) is 0 Å². The van der Waals surface area contributed by atoms with E-state index in [4.69, 9.17) is 16.9 Å². The molecular formula is C11H13ClN2S. The van der Waals surface area contributed by atoms with Crippen LogP contribution in [0.2, 0.25) is 4.34 Å². The summed E-state index contributed by atoms with van der Waals surface area (Å²) in [6.07, 6.45) is 2.53. The highest BCUT2D eigenvalue weighted by molar-refractivity contribution is 7.16. The Morgan fingerprint density at radius 2 is 2.20 bits per heavy atom. The molecule has 0 bridgehead atoms. The summed E-state index contributed by atoms with van der Waals surface area (Å²) in [5.41, 5.74) is 0. The van der Waals surface area contributed by atoms with Gasteiger partial charge in [0, 0.05) is 11.4 Å². The van der Waals surface area contributed by atoms with Crippen LogP contribution in [0.4, 0.5) is 0 Å². The molecule has 1 aromatic rings. The molecule has 1 fully saturated rings. The quantitative estimate of drug-likeness (QED) is 0.812. The number of thiophene rings is 1. The number of nitrogens with zero attached hydrogens (tertiary/aromatic N) is 2. The second-order valence-corrected chi connectivity index (χ2v) is 5.58. The Hall–Kier alpha value is -0.560. The largest absolute Gasteiger partial charge is 0.302 e. The Morgan fingerprint density at radius 1 is 1.47 bits per heavy atom. The molecule has 1 aliphatic heterocycles. The number of rotatable bonds is 3. The average molecular weight is 241 g/mol. The van der Waals surface area contributed by atoms with Crippen molar-refractivity contribution in [3.63, 3.8) is 0 Å². The highest BCUT2D eigenvalue weighted by atomic mass is 35.5. The van der Waals surface area contributed by atoms with Crippen LogP contribution in [-0.4, -0.2) is 24.5 Å². The predicted molar refractivity (Wildman–Crippen MR) is 63.4 cm³/mol. The fourth-order valence-corrected chi connectivity index (χ4v) is 3.03. The summed E-state index contributed by atoms with van der Waals surface area (Å²) in [5, 5.41) is 9.14. The second-order valence-electron chi connectivity index (χ2n) is 3.83. The molecule has 0 aliphatic carbocycles. The van der Waals surface area contributed by atoms with Gasteiger partial charge in [0.15, 0.2) is 0 Å². The first-order valence-corrected chi connectivity index (χ1v) is 6.36. The summed E-state index contributed by atoms with van der Waals surface area (Å²) >= 11 is 7.39. The number of hydrogen-bond acceptors (Lipinski definition) is 3. The zero-order valence-electron chi connectivity index (χ0n) is 8.45. The van der Waals surface area contributed by atoms with E-state index in [1.807, 2.05) is 12.1 Å². The maximum Gasteiger partial charge on any atom is 0.0933 e. The molecule has 1 aliphatic rings. The lowest BCUT2D eigenvalue weighted by Crippen LogP contribution is -2.24. The molecule has 0 amide bonds. The van der Waals surface area contributed by atoms with E-state index in [-0.39, 0.29) is 5.92 Å². The molecule has 4 heteroatoms. The van der Waals surface area contributed by atoms with Crippen LogP contribution in [0, 0.1) is 11.3 Å². The SMILES string of the molecule is N#CC(CN1CCCC1)c1ccc(Cl)s1. The normalized spacial score (nSPS) is 18.9. The van der Waals surface area contributed by atoms with Crippen LogP contribution in [0.3, 0.4) is 0 Å². The summed E-state index contributed by atoms with van der Waals surface area (Å²) < 4.78 is 0.770. The number of hydrogen-bond donors (Lipinski definition) is 0. The number of halogens is 1. The minimum atomic E-state index is -0.0133. The van der Waals surface area contributed by atoms with Gasteiger partial charge in [-0.3, -0.25) is 0 Å². The average Bonchev–Trinajstić information content (AvgIpc) is 2.85. The van der Waals surface area contributed by atoms with Gasteiger partial charge in [-0.15, -0.1) is 11.3 Å². The third-order valence-corrected chi connectivity index (χ3v) is 4.08. The van der Waals surface area contributed by atoms with Crippen molar-refractivity contribution in [1.29, 1.82) is 5.26 Å². The van der Waals surface area contributed by atoms with Crippen LogP contribution in [0.15, 0.2) is 12.1 Å². The summed E-state index contributed by atoms with van der Waals surface area (Å²) in [6, 6.07) is 6.21. The van der Waals surface area contributed by atoms with Crippen molar-refractivity contribution >= 4 is 22.9 Å². The molecule has 80 valence electrons. The van der Waals surface area contributed by atoms with Gasteiger partial charge in [0.2, 0.25) is 0 Å². The minimum Gasteiger partial charge on any atom is -0.302 e. The first kappa shape index (κ1) is 10.9. The van der Waals surface area contributed by atoms with Gasteiger partial charge in [0.25, 0.3) is 0 Å². The van der Waals surface area contributed by atoms with Gasteiger partial charge in [-0.1, -0.05) is 11.6 Å². The van der Waals surface area contributed by atoms with Crippen molar-refractivity contribution in [2.45, 2.75) is 18.8 Å². The second kappa shape index (κ2) is 4.98. The Kier molecular flexibility index (Phi) is 3.63. The third-order valence-electron chi connectivity index (χ3n) is 2.73. The summed E-state index contributed by atoms with van der Waals surface area (Å²) in [4.78, 5) is 3.45. The van der Waals surface area contributed by atoms with E-state index < -0.39 is 0 Å². The minimum absolute atomic E-state index is 0.0133. The monoisotopic (exact) mass is 240 g/mol. The van der Waals surface area contributed by atoms with Crippen LogP contribution >= 0.6 is 22.9 Å². The molecule has 2 rings (SSSR count). The number of likely N-dealkylation sites (tertiary alicyclic amines) is 1. The van der Waals surface area contributed by atoms with E-state index in [2.05, 4.69) is 11.0 Å². The molecule has 0 aromatic carbocycles. The van der Waals surface area contributed by atoms with Gasteiger partial charge in [0.05, 0.1) is 16.3 Å². The van der Waals surface area contributed by atoms with E-state index in [1.54, 1.807) is 0 Å². The molecule has 1 atom stereocenters. The number of nitriles is 1. The lowest BCUT2D eigenvalue weighted by Gasteiger charge is -2.17. The van der Waals surface area contributed by atoms with Gasteiger partial charge < -0.3 is 4.90 Å². The third kappa shape index (κ3) is 2.72. The maximum atomic E-state index is 9.14. The smallest absolute Gasteiger partial charge is 0.0933 e. The van der Waals surface area contributed by atoms with Gasteiger partial charge in [-0.05, 0) is 38.1 Å². The van der Waals surface area contributed by atoms with Crippen molar-refractivity contribution in [2.75, 3.05) is 19.6 Å². The Bertz CT molecular complexity index is 363. The Balaban J connectivity index is 2.01. The summed E-state index contributed by atoms with van der Waals surface area (Å²) in [7, 11) is 0. The standard InChI is InChI=1S/C11H13ClN2S/c12-11-4-3-10(15-11)9(7-13)8-14-5-1-2-6-14/h3-4,9H,1-2,5-6,8H2. The van der Waals surface area contributed by atoms with Gasteiger partial charge in [-0.25, -0.2) is 0 Å². The van der Waals surface area contributed by atoms with Crippen LogP contribution in [0.25, 0.3) is 0 Å². The molecule has 1 aromatic heterocycles. The zero-order chi connectivity index (χ0) is 10.7. The van der Waals surface area contributed by atoms with E-state index >= 15 is 0 Å². The van der Waals surface area contributed by atoms with Crippen LogP contribution < -0.4 is 0 Å². The molecule has 1 saturated heterocycles. The highest BCUT2D eigenvalue weighted by Crippen LogP contribution is 2.29. The first-order chi connectivity index (χ1) is 7.29. The predicted octanol–water partition coefficient (Wildman–Crippen LogP) is 3.10. The highest BCUT2D eigenvalue weighted by Gasteiger charge is 2.19. The van der Waals surface area contributed by atoms with Crippen molar-refractivity contribution in [2.24, 2.45) is 0 Å². The molecule has 0 radical (unpaired) electrons. The van der Waals surface area contributed by atoms with Crippen molar-refractivity contribution in [3.05, 3.63) is 21.3 Å². The molecule has 0 N–H and O–H groups in total. The molecule has 0 spiro atoms. The lowest BCUT2D eigenvalue weighted by atomic mass is 10.1. The molecule has 2 nitrogen and oxygen atoms in total. The Labute approximate surface area is 99.1 Å². The van der Waals surface area contributed by atoms with Gasteiger partial charge >= 0.3 is 0 Å².